The fourth-order valence-corrected chi connectivity index (χ4v) is 3.75. The van der Waals surface area contributed by atoms with E-state index in [4.69, 9.17) is 16.3 Å². The van der Waals surface area contributed by atoms with Gasteiger partial charge in [0.1, 0.15) is 11.4 Å². The molecule has 1 aliphatic heterocycles. The Hall–Kier alpha value is -3.57. The number of carbonyl (C=O) groups excluding carboxylic acids is 2. The highest BCUT2D eigenvalue weighted by Gasteiger charge is 2.41. The van der Waals surface area contributed by atoms with Crippen molar-refractivity contribution in [3.05, 3.63) is 94.1 Å². The molecule has 4 rings (SSSR count). The monoisotopic (exact) mass is 432 g/mol. The Morgan fingerprint density at radius 1 is 0.903 bits per heavy atom. The molecule has 0 saturated carbocycles. The average molecular weight is 433 g/mol. The number of anilines is 2. The van der Waals surface area contributed by atoms with E-state index in [0.717, 1.165) is 16.0 Å². The maximum absolute atomic E-state index is 13.6. The Bertz CT molecular complexity index is 1220. The van der Waals surface area contributed by atoms with Crippen molar-refractivity contribution in [1.29, 1.82) is 0 Å². The summed E-state index contributed by atoms with van der Waals surface area (Å²) in [5.74, 6) is -0.422. The molecule has 1 aliphatic rings. The van der Waals surface area contributed by atoms with Crippen LogP contribution in [0.5, 0.6) is 5.75 Å². The molecule has 31 heavy (non-hydrogen) atoms. The lowest BCUT2D eigenvalue weighted by Gasteiger charge is -2.19. The summed E-state index contributed by atoms with van der Waals surface area (Å²) < 4.78 is 5.44. The molecule has 0 unspecified atom stereocenters. The highest BCUT2D eigenvalue weighted by molar-refractivity contribution is 6.46. The zero-order valence-electron chi connectivity index (χ0n) is 17.4. The van der Waals surface area contributed by atoms with Crippen LogP contribution in [0.3, 0.4) is 0 Å². The fraction of sp³-hybridized carbons (Fsp3) is 0.120. The lowest BCUT2D eigenvalue weighted by atomic mass is 10.0. The van der Waals surface area contributed by atoms with E-state index in [1.807, 2.05) is 56.3 Å². The second-order valence-electron chi connectivity index (χ2n) is 7.32. The smallest absolute Gasteiger partial charge is 0.282 e. The molecule has 156 valence electrons. The van der Waals surface area contributed by atoms with Gasteiger partial charge in [-0.1, -0.05) is 54.1 Å². The van der Waals surface area contributed by atoms with Crippen molar-refractivity contribution >= 4 is 40.4 Å². The third-order valence-corrected chi connectivity index (χ3v) is 5.42. The van der Waals surface area contributed by atoms with Crippen LogP contribution in [0.1, 0.15) is 16.7 Å². The predicted molar refractivity (Wildman–Crippen MR) is 123 cm³/mol. The van der Waals surface area contributed by atoms with E-state index < -0.39 is 11.8 Å². The SMILES string of the molecule is COc1ccc(C)cc1N1C(=O)C(Nc2cc(Cl)ccc2C)=C(c2ccccc2)C1=O. The van der Waals surface area contributed by atoms with E-state index in [1.54, 1.807) is 24.3 Å². The van der Waals surface area contributed by atoms with Gasteiger partial charge in [-0.2, -0.15) is 0 Å². The quantitative estimate of drug-likeness (QED) is 0.551. The molecule has 1 heterocycles. The lowest BCUT2D eigenvalue weighted by Crippen LogP contribution is -2.32. The van der Waals surface area contributed by atoms with Gasteiger partial charge in [0.2, 0.25) is 0 Å². The topological polar surface area (TPSA) is 58.6 Å². The second kappa shape index (κ2) is 8.28. The molecule has 0 radical (unpaired) electrons. The van der Waals surface area contributed by atoms with Gasteiger partial charge in [-0.3, -0.25) is 9.59 Å². The lowest BCUT2D eigenvalue weighted by molar-refractivity contribution is -0.120. The first-order chi connectivity index (χ1) is 14.9. The van der Waals surface area contributed by atoms with Gasteiger partial charge < -0.3 is 10.1 Å². The van der Waals surface area contributed by atoms with Gasteiger partial charge >= 0.3 is 0 Å². The van der Waals surface area contributed by atoms with Crippen molar-refractivity contribution in [3.63, 3.8) is 0 Å². The third kappa shape index (κ3) is 3.80. The number of nitrogens with zero attached hydrogens (tertiary/aromatic N) is 1. The van der Waals surface area contributed by atoms with E-state index >= 15 is 0 Å². The molecule has 0 fully saturated rings. The van der Waals surface area contributed by atoms with Crippen molar-refractivity contribution in [2.24, 2.45) is 0 Å². The van der Waals surface area contributed by atoms with Crippen LogP contribution in [-0.4, -0.2) is 18.9 Å². The number of aryl methyl sites for hydroxylation is 2. The molecule has 6 heteroatoms. The molecule has 0 bridgehead atoms. The Morgan fingerprint density at radius 2 is 1.65 bits per heavy atom. The summed E-state index contributed by atoms with van der Waals surface area (Å²) in [6, 6.07) is 19.9. The van der Waals surface area contributed by atoms with Gasteiger partial charge in [0, 0.05) is 10.7 Å². The summed E-state index contributed by atoms with van der Waals surface area (Å²) in [7, 11) is 1.51. The molecular formula is C25H21ClN2O3. The molecule has 0 aliphatic carbocycles. The molecule has 0 atom stereocenters. The summed E-state index contributed by atoms with van der Waals surface area (Å²) >= 11 is 6.17. The minimum atomic E-state index is -0.452. The first-order valence-electron chi connectivity index (χ1n) is 9.77. The molecular weight excluding hydrogens is 412 g/mol. The molecule has 0 spiro atoms. The maximum Gasteiger partial charge on any atom is 0.282 e. The Balaban J connectivity index is 1.87. The number of nitrogens with one attached hydrogen (secondary N) is 1. The number of hydrogen-bond acceptors (Lipinski definition) is 4. The highest BCUT2D eigenvalue weighted by atomic mass is 35.5. The molecule has 3 aromatic rings. The minimum absolute atomic E-state index is 0.199. The summed E-state index contributed by atoms with van der Waals surface area (Å²) in [4.78, 5) is 28.3. The van der Waals surface area contributed by atoms with Crippen LogP contribution >= 0.6 is 11.6 Å². The number of ether oxygens (including phenoxy) is 1. The van der Waals surface area contributed by atoms with Crippen molar-refractivity contribution in [2.45, 2.75) is 13.8 Å². The van der Waals surface area contributed by atoms with Gasteiger partial charge in [0.05, 0.1) is 18.4 Å². The number of methoxy groups -OCH3 is 1. The van der Waals surface area contributed by atoms with Gasteiger partial charge in [0.15, 0.2) is 0 Å². The Morgan fingerprint density at radius 3 is 2.35 bits per heavy atom. The van der Waals surface area contributed by atoms with E-state index in [2.05, 4.69) is 5.32 Å². The van der Waals surface area contributed by atoms with Gasteiger partial charge in [-0.15, -0.1) is 0 Å². The zero-order valence-corrected chi connectivity index (χ0v) is 18.2. The number of hydrogen-bond donors (Lipinski definition) is 1. The average Bonchev–Trinajstić information content (AvgIpc) is 3.00. The maximum atomic E-state index is 13.6. The number of halogens is 1. The Labute approximate surface area is 185 Å². The van der Waals surface area contributed by atoms with Crippen molar-refractivity contribution in [3.8, 4) is 5.75 Å². The standard InChI is InChI=1S/C25H21ClN2O3/c1-15-9-12-21(31-3)20(13-15)28-24(29)22(17-7-5-4-6-8-17)23(25(28)30)27-19-14-18(26)11-10-16(19)2/h4-14,27H,1-3H3. The number of amides is 2. The summed E-state index contributed by atoms with van der Waals surface area (Å²) in [6.07, 6.45) is 0. The van der Waals surface area contributed by atoms with Crippen LogP contribution in [0.2, 0.25) is 5.02 Å². The van der Waals surface area contributed by atoms with Crippen LogP contribution in [0.15, 0.2) is 72.4 Å². The van der Waals surface area contributed by atoms with E-state index in [-0.39, 0.29) is 5.70 Å². The molecule has 1 N–H and O–H groups in total. The van der Waals surface area contributed by atoms with Crippen LogP contribution in [0.4, 0.5) is 11.4 Å². The number of imide groups is 1. The molecule has 0 aromatic heterocycles. The van der Waals surface area contributed by atoms with Gasteiger partial charge in [0.25, 0.3) is 11.8 Å². The van der Waals surface area contributed by atoms with Crippen LogP contribution < -0.4 is 15.0 Å². The van der Waals surface area contributed by atoms with Crippen LogP contribution in [0, 0.1) is 13.8 Å². The first kappa shape index (κ1) is 20.7. The van der Waals surface area contributed by atoms with E-state index in [9.17, 15) is 9.59 Å². The zero-order chi connectivity index (χ0) is 22.1. The second-order valence-corrected chi connectivity index (χ2v) is 7.76. The van der Waals surface area contributed by atoms with Crippen molar-refractivity contribution < 1.29 is 14.3 Å². The van der Waals surface area contributed by atoms with Crippen LogP contribution in [0.25, 0.3) is 5.57 Å². The summed E-state index contributed by atoms with van der Waals surface area (Å²) in [6.45, 7) is 3.80. The van der Waals surface area contributed by atoms with Gasteiger partial charge in [-0.05, 0) is 54.8 Å². The molecule has 3 aromatic carbocycles. The number of carbonyl (C=O) groups is 2. The fourth-order valence-electron chi connectivity index (χ4n) is 3.58. The number of rotatable bonds is 5. The van der Waals surface area contributed by atoms with Crippen molar-refractivity contribution in [2.75, 3.05) is 17.3 Å². The third-order valence-electron chi connectivity index (χ3n) is 5.18. The predicted octanol–water partition coefficient (Wildman–Crippen LogP) is 5.36. The largest absolute Gasteiger partial charge is 0.495 e. The molecule has 2 amide bonds. The van der Waals surface area contributed by atoms with E-state index in [0.29, 0.717) is 33.3 Å². The highest BCUT2D eigenvalue weighted by Crippen LogP contribution is 2.38. The Kier molecular flexibility index (Phi) is 5.53. The molecule has 0 saturated heterocycles. The first-order valence-corrected chi connectivity index (χ1v) is 10.1. The normalized spacial score (nSPS) is 13.7. The van der Waals surface area contributed by atoms with Gasteiger partial charge in [-0.25, -0.2) is 4.90 Å². The summed E-state index contributed by atoms with van der Waals surface area (Å²) in [5.41, 5.74) is 4.03. The number of benzene rings is 3. The minimum Gasteiger partial charge on any atom is -0.495 e. The summed E-state index contributed by atoms with van der Waals surface area (Å²) in [5, 5.41) is 3.70. The van der Waals surface area contributed by atoms with E-state index in [1.165, 1.54) is 7.11 Å². The van der Waals surface area contributed by atoms with Crippen LogP contribution in [-0.2, 0) is 9.59 Å². The van der Waals surface area contributed by atoms with Crippen molar-refractivity contribution in [1.82, 2.24) is 0 Å². The molecule has 5 nitrogen and oxygen atoms in total.